The molecule has 0 aliphatic rings. The van der Waals surface area contributed by atoms with Crippen LogP contribution in [-0.2, 0) is 11.3 Å². The number of hydrogen-bond donors (Lipinski definition) is 2. The van der Waals surface area contributed by atoms with Crippen molar-refractivity contribution in [1.82, 2.24) is 14.7 Å². The number of aromatic nitrogens is 2. The zero-order valence-corrected chi connectivity index (χ0v) is 12.1. The molecule has 0 aliphatic carbocycles. The quantitative estimate of drug-likeness (QED) is 0.902. The summed E-state index contributed by atoms with van der Waals surface area (Å²) in [6, 6.07) is 3.11. The van der Waals surface area contributed by atoms with Gasteiger partial charge in [0.05, 0.1) is 12.2 Å². The molecule has 2 heterocycles. The van der Waals surface area contributed by atoms with Crippen molar-refractivity contribution in [2.45, 2.75) is 32.9 Å². The largest absolute Gasteiger partial charge is 0.478 e. The lowest BCUT2D eigenvalue weighted by molar-refractivity contribution is 0.0522. The third-order valence-electron chi connectivity index (χ3n) is 2.58. The second-order valence-corrected chi connectivity index (χ2v) is 5.55. The summed E-state index contributed by atoms with van der Waals surface area (Å²) in [5.74, 6) is -1.04. The first-order valence-corrected chi connectivity index (χ1v) is 6.43. The van der Waals surface area contributed by atoms with E-state index in [2.05, 4.69) is 10.3 Å². The first-order chi connectivity index (χ1) is 9.76. The van der Waals surface area contributed by atoms with E-state index in [1.165, 1.54) is 6.07 Å². The number of carbonyl (C=O) groups is 2. The Hall–Kier alpha value is -2.57. The summed E-state index contributed by atoms with van der Waals surface area (Å²) in [6.45, 7) is 5.49. The van der Waals surface area contributed by atoms with Gasteiger partial charge in [-0.25, -0.2) is 14.6 Å². The molecule has 0 fully saturated rings. The summed E-state index contributed by atoms with van der Waals surface area (Å²) < 4.78 is 6.72. The molecule has 7 nitrogen and oxygen atoms in total. The highest BCUT2D eigenvalue weighted by Crippen LogP contribution is 2.12. The Labute approximate surface area is 121 Å². The van der Waals surface area contributed by atoms with Crippen LogP contribution in [0.3, 0.4) is 0 Å². The van der Waals surface area contributed by atoms with Crippen LogP contribution < -0.4 is 5.32 Å². The van der Waals surface area contributed by atoms with Gasteiger partial charge < -0.3 is 19.6 Å². The second-order valence-electron chi connectivity index (χ2n) is 5.55. The Morgan fingerprint density at radius 1 is 1.43 bits per heavy atom. The van der Waals surface area contributed by atoms with Gasteiger partial charge in [0.2, 0.25) is 0 Å². The highest BCUT2D eigenvalue weighted by atomic mass is 16.6. The van der Waals surface area contributed by atoms with Gasteiger partial charge in [-0.15, -0.1) is 0 Å². The van der Waals surface area contributed by atoms with Gasteiger partial charge in [0.15, 0.2) is 5.65 Å². The van der Waals surface area contributed by atoms with E-state index in [1.54, 1.807) is 43.6 Å². The summed E-state index contributed by atoms with van der Waals surface area (Å²) in [4.78, 5) is 26.9. The van der Waals surface area contributed by atoms with Crippen molar-refractivity contribution < 1.29 is 19.4 Å². The van der Waals surface area contributed by atoms with E-state index < -0.39 is 17.7 Å². The Balaban J connectivity index is 2.12. The van der Waals surface area contributed by atoms with Crippen LogP contribution in [0.25, 0.3) is 5.65 Å². The highest BCUT2D eigenvalue weighted by Gasteiger charge is 2.16. The van der Waals surface area contributed by atoms with Crippen molar-refractivity contribution in [2.75, 3.05) is 0 Å². The number of aromatic carboxylic acids is 1. The molecule has 0 radical (unpaired) electrons. The summed E-state index contributed by atoms with van der Waals surface area (Å²) in [5, 5.41) is 11.7. The van der Waals surface area contributed by atoms with Gasteiger partial charge in [0.25, 0.3) is 0 Å². The monoisotopic (exact) mass is 291 g/mol. The Bertz CT molecular complexity index is 685. The van der Waals surface area contributed by atoms with Crippen molar-refractivity contribution in [3.63, 3.8) is 0 Å². The third-order valence-corrected chi connectivity index (χ3v) is 2.58. The van der Waals surface area contributed by atoms with E-state index in [1.807, 2.05) is 0 Å². The number of ether oxygens (including phenoxy) is 1. The van der Waals surface area contributed by atoms with Crippen LogP contribution in [0.4, 0.5) is 4.79 Å². The lowest BCUT2D eigenvalue weighted by atomic mass is 10.2. The van der Waals surface area contributed by atoms with E-state index in [-0.39, 0.29) is 12.1 Å². The number of imidazole rings is 1. The van der Waals surface area contributed by atoms with Gasteiger partial charge in [-0.2, -0.15) is 0 Å². The van der Waals surface area contributed by atoms with Gasteiger partial charge in [-0.05, 0) is 32.9 Å². The summed E-state index contributed by atoms with van der Waals surface area (Å²) in [5.41, 5.74) is 0.431. The molecule has 0 spiro atoms. The molecule has 0 saturated carbocycles. The number of carbonyl (C=O) groups excluding carboxylic acids is 1. The topological polar surface area (TPSA) is 92.9 Å². The molecule has 112 valence electrons. The molecular formula is C14H17N3O4. The number of nitrogens with one attached hydrogen (secondary N) is 1. The molecule has 0 bridgehead atoms. The van der Waals surface area contributed by atoms with Gasteiger partial charge in [0.1, 0.15) is 11.2 Å². The van der Waals surface area contributed by atoms with Crippen LogP contribution in [0.15, 0.2) is 24.5 Å². The molecule has 21 heavy (non-hydrogen) atoms. The molecule has 1 amide bonds. The number of amides is 1. The molecule has 0 aromatic carbocycles. The van der Waals surface area contributed by atoms with Crippen molar-refractivity contribution in [1.29, 1.82) is 0 Å². The number of alkyl carbamates (subject to hydrolysis) is 1. The Morgan fingerprint density at radius 3 is 2.76 bits per heavy atom. The second kappa shape index (κ2) is 5.43. The van der Waals surface area contributed by atoms with Crippen LogP contribution in [-0.4, -0.2) is 32.2 Å². The molecule has 0 unspecified atom stereocenters. The molecule has 2 aromatic rings. The smallest absolute Gasteiger partial charge is 0.407 e. The maximum Gasteiger partial charge on any atom is 0.407 e. The zero-order chi connectivity index (χ0) is 15.6. The average Bonchev–Trinajstić information content (AvgIpc) is 2.76. The van der Waals surface area contributed by atoms with Crippen LogP contribution in [0.5, 0.6) is 0 Å². The fourth-order valence-electron chi connectivity index (χ4n) is 1.79. The number of hydrogen-bond acceptors (Lipinski definition) is 4. The summed E-state index contributed by atoms with van der Waals surface area (Å²) >= 11 is 0. The molecule has 7 heteroatoms. The highest BCUT2D eigenvalue weighted by molar-refractivity contribution is 5.94. The van der Waals surface area contributed by atoms with Gasteiger partial charge in [0, 0.05) is 12.4 Å². The van der Waals surface area contributed by atoms with Crippen molar-refractivity contribution in [3.05, 3.63) is 35.8 Å². The number of nitrogens with zero attached hydrogens (tertiary/aromatic N) is 2. The van der Waals surface area contributed by atoms with Gasteiger partial charge in [-0.3, -0.25) is 0 Å². The van der Waals surface area contributed by atoms with Crippen LogP contribution in [0.2, 0.25) is 0 Å². The normalized spacial score (nSPS) is 11.4. The first-order valence-electron chi connectivity index (χ1n) is 6.43. The van der Waals surface area contributed by atoms with Crippen molar-refractivity contribution in [2.24, 2.45) is 0 Å². The van der Waals surface area contributed by atoms with E-state index in [9.17, 15) is 9.59 Å². The SMILES string of the molecule is CC(C)(C)OC(=O)NCc1cn2cccc(C(=O)O)c2n1. The standard InChI is InChI=1S/C14H17N3O4/c1-14(2,3)21-13(20)15-7-9-8-17-6-4-5-10(12(18)19)11(17)16-9/h4-6,8H,7H2,1-3H3,(H,15,20)(H,18,19). The van der Waals surface area contributed by atoms with Crippen LogP contribution >= 0.6 is 0 Å². The van der Waals surface area contributed by atoms with Crippen LogP contribution in [0, 0.1) is 0 Å². The molecule has 2 aromatic heterocycles. The van der Waals surface area contributed by atoms with Crippen LogP contribution in [0.1, 0.15) is 36.8 Å². The molecule has 0 aliphatic heterocycles. The molecule has 2 N–H and O–H groups in total. The molecule has 0 saturated heterocycles. The predicted molar refractivity (Wildman–Crippen MR) is 75.2 cm³/mol. The number of fused-ring (bicyclic) bond motifs is 1. The maximum atomic E-state index is 11.6. The molecule has 2 rings (SSSR count). The summed E-state index contributed by atoms with van der Waals surface area (Å²) in [6.07, 6.45) is 2.82. The number of carboxylic acids is 1. The van der Waals surface area contributed by atoms with E-state index in [0.717, 1.165) is 0 Å². The third kappa shape index (κ3) is 3.71. The lowest BCUT2D eigenvalue weighted by Crippen LogP contribution is -2.32. The molecule has 0 atom stereocenters. The van der Waals surface area contributed by atoms with E-state index >= 15 is 0 Å². The number of rotatable bonds is 3. The minimum atomic E-state index is -1.04. The van der Waals surface area contributed by atoms with Crippen molar-refractivity contribution >= 4 is 17.7 Å². The Morgan fingerprint density at radius 2 is 2.14 bits per heavy atom. The van der Waals surface area contributed by atoms with E-state index in [0.29, 0.717) is 11.3 Å². The Kier molecular flexibility index (Phi) is 3.84. The average molecular weight is 291 g/mol. The molecular weight excluding hydrogens is 274 g/mol. The maximum absolute atomic E-state index is 11.6. The van der Waals surface area contributed by atoms with E-state index in [4.69, 9.17) is 9.84 Å². The zero-order valence-electron chi connectivity index (χ0n) is 12.1. The number of pyridine rings is 1. The first kappa shape index (κ1) is 14.8. The fraction of sp³-hybridized carbons (Fsp3) is 0.357. The minimum Gasteiger partial charge on any atom is -0.478 e. The predicted octanol–water partition coefficient (Wildman–Crippen LogP) is 2.06. The fourth-order valence-corrected chi connectivity index (χ4v) is 1.79. The van der Waals surface area contributed by atoms with Crippen molar-refractivity contribution in [3.8, 4) is 0 Å². The van der Waals surface area contributed by atoms with Gasteiger partial charge in [-0.1, -0.05) is 0 Å². The van der Waals surface area contributed by atoms with Gasteiger partial charge >= 0.3 is 12.1 Å². The lowest BCUT2D eigenvalue weighted by Gasteiger charge is -2.19. The summed E-state index contributed by atoms with van der Waals surface area (Å²) in [7, 11) is 0. The number of carboxylic acid groups (broad SMARTS) is 1. The minimum absolute atomic E-state index is 0.112.